The number of esters is 1. The lowest BCUT2D eigenvalue weighted by Gasteiger charge is -2.05. The third-order valence-corrected chi connectivity index (χ3v) is 2.30. The van der Waals surface area contributed by atoms with E-state index in [1.807, 2.05) is 12.1 Å². The van der Waals surface area contributed by atoms with E-state index in [9.17, 15) is 9.59 Å². The van der Waals surface area contributed by atoms with Gasteiger partial charge in [-0.25, -0.2) is 4.79 Å². The zero-order chi connectivity index (χ0) is 12.3. The van der Waals surface area contributed by atoms with Gasteiger partial charge in [0.1, 0.15) is 0 Å². The molecule has 0 radical (unpaired) electrons. The molecule has 2 aromatic rings. The molecule has 0 saturated carbocycles. The summed E-state index contributed by atoms with van der Waals surface area (Å²) in [7, 11) is 0. The van der Waals surface area contributed by atoms with Crippen LogP contribution >= 0.6 is 0 Å². The highest BCUT2D eigenvalue weighted by molar-refractivity contribution is 6.37. The van der Waals surface area contributed by atoms with Crippen LogP contribution in [0.15, 0.2) is 30.5 Å². The molecule has 0 spiro atoms. The molecule has 1 aromatic carbocycles. The van der Waals surface area contributed by atoms with Gasteiger partial charge in [-0.1, -0.05) is 6.07 Å². The fraction of sp³-hybridized carbons (Fsp3) is 0.167. The first-order chi connectivity index (χ1) is 8.22. The predicted molar refractivity (Wildman–Crippen MR) is 63.6 cm³/mol. The summed E-state index contributed by atoms with van der Waals surface area (Å²) in [6, 6.07) is 7.23. The Morgan fingerprint density at radius 1 is 1.35 bits per heavy atom. The number of hydrogen-bond donors (Lipinski definition) is 2. The molecule has 0 aliphatic carbocycles. The van der Waals surface area contributed by atoms with Gasteiger partial charge in [0.15, 0.2) is 0 Å². The second-order valence-electron chi connectivity index (χ2n) is 3.42. The molecule has 0 bridgehead atoms. The minimum atomic E-state index is -0.875. The van der Waals surface area contributed by atoms with Crippen molar-refractivity contribution in [3.63, 3.8) is 0 Å². The Morgan fingerprint density at radius 2 is 2.18 bits per heavy atom. The van der Waals surface area contributed by atoms with Gasteiger partial charge in [-0.15, -0.1) is 0 Å². The fourth-order valence-electron chi connectivity index (χ4n) is 1.56. The second kappa shape index (κ2) is 4.69. The Labute approximate surface area is 97.8 Å². The number of carbonyl (C=O) groups is 2. The van der Waals surface area contributed by atoms with Crippen LogP contribution in [0.4, 0.5) is 5.69 Å². The van der Waals surface area contributed by atoms with Crippen LogP contribution in [0.25, 0.3) is 10.9 Å². The molecule has 0 aliphatic rings. The number of fused-ring (bicyclic) bond motifs is 1. The Balaban J connectivity index is 2.21. The summed E-state index contributed by atoms with van der Waals surface area (Å²) in [6.45, 7) is 1.83. The maximum Gasteiger partial charge on any atom is 0.397 e. The number of rotatable bonds is 2. The Bertz CT molecular complexity index is 560. The number of anilines is 1. The van der Waals surface area contributed by atoms with Gasteiger partial charge in [0, 0.05) is 17.1 Å². The number of aromatic amines is 1. The van der Waals surface area contributed by atoms with E-state index in [4.69, 9.17) is 0 Å². The zero-order valence-corrected chi connectivity index (χ0v) is 9.32. The minimum absolute atomic E-state index is 0.181. The number of carbonyl (C=O) groups excluding carboxylic acids is 2. The predicted octanol–water partition coefficient (Wildman–Crippen LogP) is 1.67. The van der Waals surface area contributed by atoms with Crippen molar-refractivity contribution in [2.24, 2.45) is 0 Å². The average molecular weight is 232 g/mol. The number of H-pyrrole nitrogens is 1. The molecule has 5 heteroatoms. The van der Waals surface area contributed by atoms with Crippen LogP contribution in [0.3, 0.4) is 0 Å². The number of aromatic nitrogens is 1. The highest BCUT2D eigenvalue weighted by Crippen LogP contribution is 2.21. The van der Waals surface area contributed by atoms with Crippen molar-refractivity contribution in [2.75, 3.05) is 11.9 Å². The van der Waals surface area contributed by atoms with Crippen LogP contribution in [0, 0.1) is 0 Å². The molecule has 5 nitrogen and oxygen atoms in total. The first kappa shape index (κ1) is 11.2. The third kappa shape index (κ3) is 2.28. The van der Waals surface area contributed by atoms with Crippen LogP contribution in [0.2, 0.25) is 0 Å². The minimum Gasteiger partial charge on any atom is -0.459 e. The molecule has 2 rings (SSSR count). The number of hydrogen-bond acceptors (Lipinski definition) is 3. The van der Waals surface area contributed by atoms with Crippen LogP contribution in [0.5, 0.6) is 0 Å². The van der Waals surface area contributed by atoms with E-state index in [-0.39, 0.29) is 6.61 Å². The van der Waals surface area contributed by atoms with Crippen molar-refractivity contribution in [2.45, 2.75) is 6.92 Å². The van der Waals surface area contributed by atoms with Gasteiger partial charge >= 0.3 is 11.9 Å². The smallest absolute Gasteiger partial charge is 0.397 e. The third-order valence-electron chi connectivity index (χ3n) is 2.30. The number of nitrogens with one attached hydrogen (secondary N) is 2. The first-order valence-electron chi connectivity index (χ1n) is 5.26. The van der Waals surface area contributed by atoms with Crippen molar-refractivity contribution >= 4 is 28.5 Å². The van der Waals surface area contributed by atoms with Gasteiger partial charge in [-0.2, -0.15) is 0 Å². The first-order valence-corrected chi connectivity index (χ1v) is 5.26. The monoisotopic (exact) mass is 232 g/mol. The Hall–Kier alpha value is -2.30. The SMILES string of the molecule is CCOC(=O)C(=O)Nc1cccc2[nH]ccc12. The molecule has 0 saturated heterocycles. The lowest BCUT2D eigenvalue weighted by atomic mass is 10.2. The molecular weight excluding hydrogens is 220 g/mol. The van der Waals surface area contributed by atoms with E-state index in [1.54, 1.807) is 25.3 Å². The van der Waals surface area contributed by atoms with E-state index in [0.717, 1.165) is 10.9 Å². The molecular formula is C12H12N2O3. The molecule has 1 amide bonds. The van der Waals surface area contributed by atoms with Crippen molar-refractivity contribution in [3.8, 4) is 0 Å². The van der Waals surface area contributed by atoms with Crippen LogP contribution in [-0.4, -0.2) is 23.5 Å². The topological polar surface area (TPSA) is 71.2 Å². The van der Waals surface area contributed by atoms with E-state index < -0.39 is 11.9 Å². The van der Waals surface area contributed by atoms with Crippen molar-refractivity contribution in [3.05, 3.63) is 30.5 Å². The maximum absolute atomic E-state index is 11.5. The summed E-state index contributed by atoms with van der Waals surface area (Å²) >= 11 is 0. The van der Waals surface area contributed by atoms with Crippen LogP contribution in [-0.2, 0) is 14.3 Å². The molecule has 17 heavy (non-hydrogen) atoms. The highest BCUT2D eigenvalue weighted by atomic mass is 16.5. The molecule has 88 valence electrons. The van der Waals surface area contributed by atoms with Crippen molar-refractivity contribution in [1.29, 1.82) is 0 Å². The van der Waals surface area contributed by atoms with Gasteiger partial charge in [-0.05, 0) is 25.1 Å². The summed E-state index contributed by atoms with van der Waals surface area (Å²) in [4.78, 5) is 25.7. The largest absolute Gasteiger partial charge is 0.459 e. The molecule has 1 aromatic heterocycles. The summed E-state index contributed by atoms with van der Waals surface area (Å²) in [5, 5.41) is 3.37. The molecule has 0 aliphatic heterocycles. The van der Waals surface area contributed by atoms with Gasteiger partial charge in [0.2, 0.25) is 0 Å². The molecule has 1 heterocycles. The van der Waals surface area contributed by atoms with Gasteiger partial charge in [0.25, 0.3) is 0 Å². The fourth-order valence-corrected chi connectivity index (χ4v) is 1.56. The summed E-state index contributed by atoms with van der Waals surface area (Å²) in [5.74, 6) is -1.64. The summed E-state index contributed by atoms with van der Waals surface area (Å²) < 4.78 is 4.61. The zero-order valence-electron chi connectivity index (χ0n) is 9.32. The van der Waals surface area contributed by atoms with Gasteiger partial charge < -0.3 is 15.0 Å². The number of ether oxygens (including phenoxy) is 1. The molecule has 2 N–H and O–H groups in total. The maximum atomic E-state index is 11.5. The Morgan fingerprint density at radius 3 is 2.94 bits per heavy atom. The van der Waals surface area contributed by atoms with E-state index in [2.05, 4.69) is 15.0 Å². The van der Waals surface area contributed by atoms with E-state index in [1.165, 1.54) is 0 Å². The van der Waals surface area contributed by atoms with Gasteiger partial charge in [0.05, 0.1) is 12.3 Å². The summed E-state index contributed by atoms with van der Waals surface area (Å²) in [5.41, 5.74) is 1.48. The van der Waals surface area contributed by atoms with Crippen LogP contribution < -0.4 is 5.32 Å². The summed E-state index contributed by atoms with van der Waals surface area (Å²) in [6.07, 6.45) is 1.77. The van der Waals surface area contributed by atoms with Crippen molar-refractivity contribution < 1.29 is 14.3 Å². The standard InChI is InChI=1S/C12H12N2O3/c1-2-17-12(16)11(15)14-10-5-3-4-9-8(10)6-7-13-9/h3-7,13H,2H2,1H3,(H,14,15). The average Bonchev–Trinajstić information content (AvgIpc) is 2.78. The molecule has 0 atom stereocenters. The van der Waals surface area contributed by atoms with Gasteiger partial charge in [-0.3, -0.25) is 4.79 Å². The number of amides is 1. The molecule has 0 fully saturated rings. The van der Waals surface area contributed by atoms with Crippen molar-refractivity contribution in [1.82, 2.24) is 4.98 Å². The highest BCUT2D eigenvalue weighted by Gasteiger charge is 2.15. The number of benzene rings is 1. The van der Waals surface area contributed by atoms with E-state index in [0.29, 0.717) is 5.69 Å². The second-order valence-corrected chi connectivity index (χ2v) is 3.42. The van der Waals surface area contributed by atoms with E-state index >= 15 is 0 Å². The lowest BCUT2D eigenvalue weighted by Crippen LogP contribution is -2.25. The van der Waals surface area contributed by atoms with Crippen LogP contribution in [0.1, 0.15) is 6.92 Å². The normalized spacial score (nSPS) is 10.2. The lowest BCUT2D eigenvalue weighted by molar-refractivity contribution is -0.152. The molecule has 0 unspecified atom stereocenters. The Kier molecular flexibility index (Phi) is 3.09. The quantitative estimate of drug-likeness (QED) is 0.611.